The largest absolute Gasteiger partial charge is 0.326 e. The van der Waals surface area contributed by atoms with Crippen molar-refractivity contribution in [3.05, 3.63) is 43.0 Å². The zero-order valence-corrected chi connectivity index (χ0v) is 12.2. The molecule has 2 N–H and O–H groups in total. The number of amides is 1. The lowest BCUT2D eigenvalue weighted by molar-refractivity contribution is -0.125. The maximum atomic E-state index is 12.5. The number of piperidine rings is 1. The van der Waals surface area contributed by atoms with Gasteiger partial charge in [-0.25, -0.2) is 4.98 Å². The van der Waals surface area contributed by atoms with E-state index in [1.807, 2.05) is 42.0 Å². The van der Waals surface area contributed by atoms with Crippen molar-refractivity contribution in [1.29, 1.82) is 0 Å². The molecule has 0 saturated carbocycles. The summed E-state index contributed by atoms with van der Waals surface area (Å²) in [5.41, 5.74) is 1.47. The molecule has 3 rings (SSSR count). The Labute approximate surface area is 124 Å². The van der Waals surface area contributed by atoms with Crippen LogP contribution in [-0.2, 0) is 4.79 Å². The van der Waals surface area contributed by atoms with Gasteiger partial charge in [-0.1, -0.05) is 6.07 Å². The minimum atomic E-state index is -0.330. The predicted octanol–water partition coefficient (Wildman–Crippen LogP) is 2.20. The first-order chi connectivity index (χ1) is 10.2. The Morgan fingerprint density at radius 2 is 2.38 bits per heavy atom. The summed E-state index contributed by atoms with van der Waals surface area (Å²) >= 11 is 0. The number of rotatable bonds is 3. The van der Waals surface area contributed by atoms with E-state index in [0.717, 1.165) is 37.3 Å². The van der Waals surface area contributed by atoms with Gasteiger partial charge in [-0.3, -0.25) is 4.79 Å². The molecule has 0 bridgehead atoms. The quantitative estimate of drug-likeness (QED) is 0.908. The maximum absolute atomic E-state index is 12.5. The number of nitrogens with zero attached hydrogens (tertiary/aromatic N) is 2. The molecule has 2 aromatic rings. The summed E-state index contributed by atoms with van der Waals surface area (Å²) in [6, 6.07) is 7.80. The number of anilines is 1. The Balaban J connectivity index is 1.76. The summed E-state index contributed by atoms with van der Waals surface area (Å²) in [5, 5.41) is 6.34. The molecule has 110 valence electrons. The molecular weight excluding hydrogens is 264 g/mol. The molecule has 2 heterocycles. The summed E-state index contributed by atoms with van der Waals surface area (Å²) in [6.07, 6.45) is 7.33. The van der Waals surface area contributed by atoms with E-state index >= 15 is 0 Å². The third-order valence-electron chi connectivity index (χ3n) is 4.05. The first-order valence-electron chi connectivity index (χ1n) is 7.28. The Hall–Kier alpha value is -2.14. The average molecular weight is 284 g/mol. The van der Waals surface area contributed by atoms with Crippen LogP contribution >= 0.6 is 0 Å². The number of hydrogen-bond acceptors (Lipinski definition) is 3. The van der Waals surface area contributed by atoms with Crippen LogP contribution in [0.25, 0.3) is 5.69 Å². The maximum Gasteiger partial charge on any atom is 0.231 e. The van der Waals surface area contributed by atoms with E-state index in [1.165, 1.54) is 0 Å². The molecule has 1 fully saturated rings. The molecule has 1 aromatic carbocycles. The van der Waals surface area contributed by atoms with Gasteiger partial charge in [0.25, 0.3) is 0 Å². The molecule has 1 unspecified atom stereocenters. The van der Waals surface area contributed by atoms with Crippen molar-refractivity contribution < 1.29 is 4.79 Å². The van der Waals surface area contributed by atoms with E-state index in [9.17, 15) is 4.79 Å². The lowest BCUT2D eigenvalue weighted by Gasteiger charge is -2.32. The van der Waals surface area contributed by atoms with E-state index in [1.54, 1.807) is 12.5 Å². The highest BCUT2D eigenvalue weighted by Gasteiger charge is 2.34. The molecule has 0 spiro atoms. The first kappa shape index (κ1) is 13.8. The van der Waals surface area contributed by atoms with Crippen molar-refractivity contribution in [3.8, 4) is 5.69 Å². The fourth-order valence-corrected chi connectivity index (χ4v) is 2.69. The lowest BCUT2D eigenvalue weighted by Crippen LogP contribution is -2.46. The Bertz CT molecular complexity index is 615. The van der Waals surface area contributed by atoms with Crippen molar-refractivity contribution in [2.75, 3.05) is 18.4 Å². The van der Waals surface area contributed by atoms with E-state index in [0.29, 0.717) is 0 Å². The zero-order valence-electron chi connectivity index (χ0n) is 12.2. The molecule has 1 aliphatic rings. The highest BCUT2D eigenvalue weighted by atomic mass is 16.2. The smallest absolute Gasteiger partial charge is 0.231 e. The second-order valence-corrected chi connectivity index (χ2v) is 5.82. The number of nitrogens with one attached hydrogen (secondary N) is 2. The molecule has 1 amide bonds. The summed E-state index contributed by atoms with van der Waals surface area (Å²) in [4.78, 5) is 16.6. The normalized spacial score (nSPS) is 22.0. The van der Waals surface area contributed by atoms with Crippen LogP contribution in [0.2, 0.25) is 0 Å². The Morgan fingerprint density at radius 1 is 1.48 bits per heavy atom. The third kappa shape index (κ3) is 2.97. The number of carbonyl (C=O) groups is 1. The Kier molecular flexibility index (Phi) is 3.75. The molecule has 1 atom stereocenters. The van der Waals surface area contributed by atoms with Crippen LogP contribution in [0.1, 0.15) is 19.8 Å². The molecule has 1 aromatic heterocycles. The van der Waals surface area contributed by atoms with E-state index in [2.05, 4.69) is 15.6 Å². The molecule has 1 saturated heterocycles. The summed E-state index contributed by atoms with van der Waals surface area (Å²) in [5.74, 6) is 0.0810. The first-order valence-corrected chi connectivity index (χ1v) is 7.28. The van der Waals surface area contributed by atoms with Gasteiger partial charge in [0, 0.05) is 30.3 Å². The standard InChI is InChI=1S/C16H20N4O/c1-16(6-3-7-17-11-16)15(21)19-13-4-2-5-14(10-13)20-9-8-18-12-20/h2,4-5,8-10,12,17H,3,6-7,11H2,1H3,(H,19,21). The number of aromatic nitrogens is 2. The summed E-state index contributed by atoms with van der Waals surface area (Å²) in [6.45, 7) is 3.76. The number of benzene rings is 1. The van der Waals surface area contributed by atoms with Crippen LogP contribution in [0.3, 0.4) is 0 Å². The molecule has 5 heteroatoms. The minimum Gasteiger partial charge on any atom is -0.326 e. The van der Waals surface area contributed by atoms with E-state index < -0.39 is 0 Å². The van der Waals surface area contributed by atoms with Gasteiger partial charge in [-0.2, -0.15) is 0 Å². The van der Waals surface area contributed by atoms with Crippen molar-refractivity contribution in [2.24, 2.45) is 5.41 Å². The van der Waals surface area contributed by atoms with Gasteiger partial charge in [-0.05, 0) is 44.5 Å². The SMILES string of the molecule is CC1(C(=O)Nc2cccc(-n3ccnc3)c2)CCCNC1. The van der Waals surface area contributed by atoms with Crippen LogP contribution < -0.4 is 10.6 Å². The van der Waals surface area contributed by atoms with E-state index in [4.69, 9.17) is 0 Å². The molecular formula is C16H20N4O. The second-order valence-electron chi connectivity index (χ2n) is 5.82. The topological polar surface area (TPSA) is 59.0 Å². The highest BCUT2D eigenvalue weighted by Crippen LogP contribution is 2.27. The number of imidazole rings is 1. The van der Waals surface area contributed by atoms with Gasteiger partial charge in [0.1, 0.15) is 0 Å². The molecule has 0 radical (unpaired) electrons. The number of hydrogen-bond donors (Lipinski definition) is 2. The average Bonchev–Trinajstić information content (AvgIpc) is 3.02. The van der Waals surface area contributed by atoms with Gasteiger partial charge in [-0.15, -0.1) is 0 Å². The second kappa shape index (κ2) is 5.69. The lowest BCUT2D eigenvalue weighted by atomic mass is 9.82. The third-order valence-corrected chi connectivity index (χ3v) is 4.05. The van der Waals surface area contributed by atoms with Gasteiger partial charge in [0.15, 0.2) is 0 Å². The van der Waals surface area contributed by atoms with Gasteiger partial charge >= 0.3 is 0 Å². The van der Waals surface area contributed by atoms with Crippen LogP contribution in [-0.4, -0.2) is 28.5 Å². The summed E-state index contributed by atoms with van der Waals surface area (Å²) in [7, 11) is 0. The van der Waals surface area contributed by atoms with E-state index in [-0.39, 0.29) is 11.3 Å². The number of carbonyl (C=O) groups excluding carboxylic acids is 1. The van der Waals surface area contributed by atoms with Crippen LogP contribution in [0.5, 0.6) is 0 Å². The van der Waals surface area contributed by atoms with Crippen molar-refractivity contribution >= 4 is 11.6 Å². The molecule has 1 aliphatic heterocycles. The predicted molar refractivity (Wildman–Crippen MR) is 82.4 cm³/mol. The van der Waals surface area contributed by atoms with Gasteiger partial charge < -0.3 is 15.2 Å². The van der Waals surface area contributed by atoms with Crippen LogP contribution in [0, 0.1) is 5.41 Å². The molecule has 21 heavy (non-hydrogen) atoms. The summed E-state index contributed by atoms with van der Waals surface area (Å²) < 4.78 is 1.92. The van der Waals surface area contributed by atoms with Crippen molar-refractivity contribution in [3.63, 3.8) is 0 Å². The zero-order chi connectivity index (χ0) is 14.7. The molecule has 5 nitrogen and oxygen atoms in total. The van der Waals surface area contributed by atoms with Crippen molar-refractivity contribution in [2.45, 2.75) is 19.8 Å². The van der Waals surface area contributed by atoms with Gasteiger partial charge in [0.2, 0.25) is 5.91 Å². The fraction of sp³-hybridized carbons (Fsp3) is 0.375. The molecule has 0 aliphatic carbocycles. The van der Waals surface area contributed by atoms with Gasteiger partial charge in [0.05, 0.1) is 11.7 Å². The Morgan fingerprint density at radius 3 is 3.10 bits per heavy atom. The highest BCUT2D eigenvalue weighted by molar-refractivity contribution is 5.95. The monoisotopic (exact) mass is 284 g/mol. The minimum absolute atomic E-state index is 0.0810. The van der Waals surface area contributed by atoms with Crippen LogP contribution in [0.15, 0.2) is 43.0 Å². The van der Waals surface area contributed by atoms with Crippen LogP contribution in [0.4, 0.5) is 5.69 Å². The van der Waals surface area contributed by atoms with Crippen molar-refractivity contribution in [1.82, 2.24) is 14.9 Å². The fourth-order valence-electron chi connectivity index (χ4n) is 2.69.